The Morgan fingerprint density at radius 1 is 1.50 bits per heavy atom. The summed E-state index contributed by atoms with van der Waals surface area (Å²) >= 11 is 0. The van der Waals surface area contributed by atoms with Gasteiger partial charge < -0.3 is 15.2 Å². The number of hydrogen-bond donors (Lipinski definition) is 2. The van der Waals surface area contributed by atoms with Crippen molar-refractivity contribution in [3.8, 4) is 5.75 Å². The molecule has 0 saturated carbocycles. The summed E-state index contributed by atoms with van der Waals surface area (Å²) in [4.78, 5) is 0. The Hall–Kier alpha value is -1.06. The monoisotopic (exact) mass is 221 g/mol. The van der Waals surface area contributed by atoms with Crippen molar-refractivity contribution in [3.05, 3.63) is 29.8 Å². The number of aliphatic hydroxyl groups is 1. The lowest BCUT2D eigenvalue weighted by atomic mass is 10.0. The molecule has 0 radical (unpaired) electrons. The highest BCUT2D eigenvalue weighted by molar-refractivity contribution is 5.39. The molecule has 1 aromatic rings. The fourth-order valence-corrected chi connectivity index (χ4v) is 1.97. The number of fused-ring (bicyclic) bond motifs is 1. The van der Waals surface area contributed by atoms with Gasteiger partial charge in [0.2, 0.25) is 0 Å². The first-order valence-corrected chi connectivity index (χ1v) is 5.91. The summed E-state index contributed by atoms with van der Waals surface area (Å²) in [5.74, 6) is 1.42. The fraction of sp³-hybridized carbons (Fsp3) is 0.538. The van der Waals surface area contributed by atoms with E-state index >= 15 is 0 Å². The van der Waals surface area contributed by atoms with Crippen LogP contribution in [-0.2, 0) is 0 Å². The van der Waals surface area contributed by atoms with E-state index in [1.165, 1.54) is 5.56 Å². The van der Waals surface area contributed by atoms with Gasteiger partial charge in [-0.1, -0.05) is 25.1 Å². The molecule has 0 aliphatic carbocycles. The zero-order chi connectivity index (χ0) is 11.4. The fourth-order valence-electron chi connectivity index (χ4n) is 1.97. The zero-order valence-corrected chi connectivity index (χ0v) is 9.65. The molecule has 2 atom stereocenters. The third-order valence-corrected chi connectivity index (χ3v) is 3.04. The molecular weight excluding hydrogens is 202 g/mol. The van der Waals surface area contributed by atoms with E-state index in [0.29, 0.717) is 12.5 Å². The average molecular weight is 221 g/mol. The molecule has 2 unspecified atom stereocenters. The molecule has 0 saturated heterocycles. The van der Waals surface area contributed by atoms with Crippen LogP contribution < -0.4 is 10.1 Å². The molecular formula is C13H19NO2. The Kier molecular flexibility index (Phi) is 3.80. The molecule has 0 amide bonds. The summed E-state index contributed by atoms with van der Waals surface area (Å²) in [5, 5.41) is 12.7. The van der Waals surface area contributed by atoms with Crippen LogP contribution >= 0.6 is 0 Å². The molecule has 0 bridgehead atoms. The van der Waals surface area contributed by atoms with Crippen LogP contribution in [0.3, 0.4) is 0 Å². The van der Waals surface area contributed by atoms with Gasteiger partial charge in [0.25, 0.3) is 0 Å². The molecule has 2 rings (SSSR count). The first-order valence-electron chi connectivity index (χ1n) is 5.91. The third-order valence-electron chi connectivity index (χ3n) is 3.04. The van der Waals surface area contributed by atoms with Crippen molar-refractivity contribution in [1.82, 2.24) is 5.32 Å². The normalized spacial score (nSPS) is 20.2. The van der Waals surface area contributed by atoms with Crippen molar-refractivity contribution < 1.29 is 9.84 Å². The predicted octanol–water partition coefficient (Wildman–Crippen LogP) is 1.52. The number of nitrogens with one attached hydrogen (secondary N) is 1. The Morgan fingerprint density at radius 2 is 2.31 bits per heavy atom. The molecule has 0 spiro atoms. The lowest BCUT2D eigenvalue weighted by molar-refractivity contribution is 0.166. The van der Waals surface area contributed by atoms with Crippen molar-refractivity contribution >= 4 is 0 Å². The number of ether oxygens (including phenoxy) is 1. The standard InChI is InChI=1S/C13H19NO2/c1-2-11(15)8-14-7-10-9-16-13-6-4-3-5-12(10)13/h3-6,10-11,14-15H,2,7-9H2,1H3. The second-order valence-corrected chi connectivity index (χ2v) is 4.27. The summed E-state index contributed by atoms with van der Waals surface area (Å²) in [6, 6.07) is 8.16. The molecule has 0 aromatic heterocycles. The molecule has 1 aliphatic heterocycles. The lowest BCUT2D eigenvalue weighted by Gasteiger charge is -2.12. The molecule has 1 heterocycles. The van der Waals surface area contributed by atoms with Gasteiger partial charge in [0, 0.05) is 24.6 Å². The van der Waals surface area contributed by atoms with Crippen LogP contribution in [0.4, 0.5) is 0 Å². The highest BCUT2D eigenvalue weighted by atomic mass is 16.5. The molecule has 3 nitrogen and oxygen atoms in total. The van der Waals surface area contributed by atoms with Crippen LogP contribution in [-0.4, -0.2) is 30.9 Å². The van der Waals surface area contributed by atoms with Crippen molar-refractivity contribution in [2.75, 3.05) is 19.7 Å². The van der Waals surface area contributed by atoms with E-state index in [1.54, 1.807) is 0 Å². The molecule has 3 heteroatoms. The van der Waals surface area contributed by atoms with Gasteiger partial charge in [-0.25, -0.2) is 0 Å². The summed E-state index contributed by atoms with van der Waals surface area (Å²) < 4.78 is 5.59. The molecule has 0 fully saturated rings. The topological polar surface area (TPSA) is 41.5 Å². The van der Waals surface area contributed by atoms with Gasteiger partial charge in [-0.2, -0.15) is 0 Å². The predicted molar refractivity (Wildman–Crippen MR) is 63.8 cm³/mol. The van der Waals surface area contributed by atoms with Gasteiger partial charge in [-0.3, -0.25) is 0 Å². The van der Waals surface area contributed by atoms with Crippen LogP contribution in [0.5, 0.6) is 5.75 Å². The van der Waals surface area contributed by atoms with Crippen LogP contribution in [0.2, 0.25) is 0 Å². The minimum Gasteiger partial charge on any atom is -0.493 e. The highest BCUT2D eigenvalue weighted by Crippen LogP contribution is 2.32. The van der Waals surface area contributed by atoms with E-state index in [0.717, 1.165) is 25.3 Å². The molecule has 2 N–H and O–H groups in total. The summed E-state index contributed by atoms with van der Waals surface area (Å²) in [5.41, 5.74) is 1.28. The van der Waals surface area contributed by atoms with Crippen LogP contribution in [0.15, 0.2) is 24.3 Å². The Balaban J connectivity index is 1.84. The summed E-state index contributed by atoms with van der Waals surface area (Å²) in [6.07, 6.45) is 0.558. The largest absolute Gasteiger partial charge is 0.493 e. The Bertz CT molecular complexity index is 340. The van der Waals surface area contributed by atoms with Gasteiger partial charge in [0.1, 0.15) is 5.75 Å². The van der Waals surface area contributed by atoms with Crippen molar-refractivity contribution in [2.24, 2.45) is 0 Å². The van der Waals surface area contributed by atoms with Crippen LogP contribution in [0.1, 0.15) is 24.8 Å². The van der Waals surface area contributed by atoms with Crippen molar-refractivity contribution in [1.29, 1.82) is 0 Å². The number of benzene rings is 1. The maximum absolute atomic E-state index is 9.43. The van der Waals surface area contributed by atoms with E-state index < -0.39 is 0 Å². The maximum Gasteiger partial charge on any atom is 0.122 e. The van der Waals surface area contributed by atoms with E-state index in [1.807, 2.05) is 25.1 Å². The van der Waals surface area contributed by atoms with E-state index in [4.69, 9.17) is 4.74 Å². The number of aliphatic hydroxyl groups excluding tert-OH is 1. The molecule has 16 heavy (non-hydrogen) atoms. The smallest absolute Gasteiger partial charge is 0.122 e. The number of para-hydroxylation sites is 1. The Labute approximate surface area is 96.4 Å². The van der Waals surface area contributed by atoms with E-state index in [9.17, 15) is 5.11 Å². The summed E-state index contributed by atoms with van der Waals surface area (Å²) in [7, 11) is 0. The van der Waals surface area contributed by atoms with Gasteiger partial charge in [-0.05, 0) is 12.5 Å². The first kappa shape index (κ1) is 11.4. The highest BCUT2D eigenvalue weighted by Gasteiger charge is 2.22. The minimum absolute atomic E-state index is 0.238. The van der Waals surface area contributed by atoms with E-state index in [-0.39, 0.29) is 6.10 Å². The minimum atomic E-state index is -0.238. The van der Waals surface area contributed by atoms with Crippen molar-refractivity contribution in [3.63, 3.8) is 0 Å². The SMILES string of the molecule is CCC(O)CNCC1COc2ccccc21. The zero-order valence-electron chi connectivity index (χ0n) is 9.65. The number of hydrogen-bond acceptors (Lipinski definition) is 3. The van der Waals surface area contributed by atoms with Crippen LogP contribution in [0, 0.1) is 0 Å². The van der Waals surface area contributed by atoms with Crippen molar-refractivity contribution in [2.45, 2.75) is 25.4 Å². The summed E-state index contributed by atoms with van der Waals surface area (Å²) in [6.45, 7) is 4.26. The molecule has 1 aromatic carbocycles. The molecule has 1 aliphatic rings. The quantitative estimate of drug-likeness (QED) is 0.792. The second kappa shape index (κ2) is 5.32. The third kappa shape index (κ3) is 2.54. The van der Waals surface area contributed by atoms with Crippen LogP contribution in [0.25, 0.3) is 0 Å². The lowest BCUT2D eigenvalue weighted by Crippen LogP contribution is -2.30. The first-order chi connectivity index (χ1) is 7.81. The number of rotatable bonds is 5. The average Bonchev–Trinajstić information content (AvgIpc) is 2.73. The second-order valence-electron chi connectivity index (χ2n) is 4.27. The van der Waals surface area contributed by atoms with Gasteiger partial charge in [-0.15, -0.1) is 0 Å². The van der Waals surface area contributed by atoms with Gasteiger partial charge >= 0.3 is 0 Å². The maximum atomic E-state index is 9.43. The van der Waals surface area contributed by atoms with Gasteiger partial charge in [0.15, 0.2) is 0 Å². The van der Waals surface area contributed by atoms with Gasteiger partial charge in [0.05, 0.1) is 12.7 Å². The van der Waals surface area contributed by atoms with E-state index in [2.05, 4.69) is 11.4 Å². The Morgan fingerprint density at radius 3 is 3.12 bits per heavy atom. The molecule has 88 valence electrons.